The van der Waals surface area contributed by atoms with Crippen molar-refractivity contribution in [3.05, 3.63) is 0 Å². The van der Waals surface area contributed by atoms with E-state index < -0.39 is 0 Å². The van der Waals surface area contributed by atoms with E-state index in [2.05, 4.69) is 11.8 Å². The van der Waals surface area contributed by atoms with Crippen molar-refractivity contribution in [1.29, 1.82) is 5.41 Å². The first-order valence-corrected chi connectivity index (χ1v) is 5.71. The van der Waals surface area contributed by atoms with Crippen molar-refractivity contribution in [3.8, 4) is 0 Å². The molecule has 0 aromatic carbocycles. The highest BCUT2D eigenvalue weighted by atomic mass is 16.5. The maximum Gasteiger partial charge on any atom is 0.0963 e. The molecule has 0 aromatic rings. The Morgan fingerprint density at radius 2 is 2.36 bits per heavy atom. The summed E-state index contributed by atoms with van der Waals surface area (Å²) >= 11 is 0. The number of nitrogens with zero attached hydrogens (tertiary/aromatic N) is 1. The standard InChI is InChI=1S/C11H20N2O/c1-2-11(6-8-14-9-11)13-7-4-3-5-10(13)12/h12H,2-9H2,1H3. The molecule has 2 aliphatic heterocycles. The second-order valence-corrected chi connectivity index (χ2v) is 4.44. The quantitative estimate of drug-likeness (QED) is 0.733. The van der Waals surface area contributed by atoms with Gasteiger partial charge in [-0.15, -0.1) is 0 Å². The third-order valence-electron chi connectivity index (χ3n) is 3.68. The summed E-state index contributed by atoms with van der Waals surface area (Å²) in [6.45, 7) is 4.98. The first-order valence-electron chi connectivity index (χ1n) is 5.71. The third kappa shape index (κ3) is 1.54. The Balaban J connectivity index is 2.13. The van der Waals surface area contributed by atoms with Crippen molar-refractivity contribution in [2.45, 2.75) is 44.6 Å². The topological polar surface area (TPSA) is 36.3 Å². The minimum absolute atomic E-state index is 0.164. The predicted octanol–water partition coefficient (Wildman–Crippen LogP) is 2.02. The van der Waals surface area contributed by atoms with Gasteiger partial charge in [0.05, 0.1) is 18.0 Å². The lowest BCUT2D eigenvalue weighted by atomic mass is 9.90. The Labute approximate surface area is 85.9 Å². The molecular formula is C11H20N2O. The number of hydrogen-bond acceptors (Lipinski definition) is 2. The lowest BCUT2D eigenvalue weighted by molar-refractivity contribution is 0.106. The monoisotopic (exact) mass is 196 g/mol. The summed E-state index contributed by atoms with van der Waals surface area (Å²) in [5.74, 6) is 0.837. The zero-order valence-electron chi connectivity index (χ0n) is 9.01. The van der Waals surface area contributed by atoms with Crippen molar-refractivity contribution < 1.29 is 4.74 Å². The molecule has 2 rings (SSSR count). The van der Waals surface area contributed by atoms with Crippen LogP contribution in [0.15, 0.2) is 0 Å². The molecule has 3 nitrogen and oxygen atoms in total. The molecule has 0 aliphatic carbocycles. The Hall–Kier alpha value is -0.570. The van der Waals surface area contributed by atoms with Gasteiger partial charge in [0.2, 0.25) is 0 Å². The van der Waals surface area contributed by atoms with Gasteiger partial charge in [-0.2, -0.15) is 0 Å². The van der Waals surface area contributed by atoms with E-state index in [1.54, 1.807) is 0 Å². The second kappa shape index (κ2) is 3.89. The first-order chi connectivity index (χ1) is 6.78. The fourth-order valence-electron chi connectivity index (χ4n) is 2.63. The van der Waals surface area contributed by atoms with Gasteiger partial charge in [-0.1, -0.05) is 6.92 Å². The molecule has 1 unspecified atom stereocenters. The first kappa shape index (κ1) is 9.97. The number of ether oxygens (including phenoxy) is 1. The highest BCUT2D eigenvalue weighted by Crippen LogP contribution is 2.32. The number of rotatable bonds is 2. The normalized spacial score (nSPS) is 33.8. The van der Waals surface area contributed by atoms with E-state index in [1.807, 2.05) is 0 Å². The van der Waals surface area contributed by atoms with Crippen molar-refractivity contribution in [2.75, 3.05) is 19.8 Å². The van der Waals surface area contributed by atoms with Crippen LogP contribution in [0.25, 0.3) is 0 Å². The van der Waals surface area contributed by atoms with E-state index in [1.165, 1.54) is 12.8 Å². The molecular weight excluding hydrogens is 176 g/mol. The predicted molar refractivity (Wildman–Crippen MR) is 56.7 cm³/mol. The van der Waals surface area contributed by atoms with E-state index >= 15 is 0 Å². The van der Waals surface area contributed by atoms with Crippen LogP contribution in [0, 0.1) is 5.41 Å². The lowest BCUT2D eigenvalue weighted by Crippen LogP contribution is -2.53. The summed E-state index contributed by atoms with van der Waals surface area (Å²) in [5, 5.41) is 8.01. The smallest absolute Gasteiger partial charge is 0.0963 e. The lowest BCUT2D eigenvalue weighted by Gasteiger charge is -2.43. The molecule has 2 saturated heterocycles. The Morgan fingerprint density at radius 1 is 1.50 bits per heavy atom. The molecule has 0 aromatic heterocycles. The fourth-order valence-corrected chi connectivity index (χ4v) is 2.63. The van der Waals surface area contributed by atoms with Crippen LogP contribution in [0.2, 0.25) is 0 Å². The zero-order chi connectivity index (χ0) is 10.0. The molecule has 3 heteroatoms. The molecule has 0 amide bonds. The van der Waals surface area contributed by atoms with Crippen LogP contribution in [-0.4, -0.2) is 36.0 Å². The van der Waals surface area contributed by atoms with E-state index in [9.17, 15) is 0 Å². The minimum Gasteiger partial charge on any atom is -0.379 e. The number of piperidine rings is 1. The zero-order valence-corrected chi connectivity index (χ0v) is 9.01. The number of nitrogens with one attached hydrogen (secondary N) is 1. The highest BCUT2D eigenvalue weighted by molar-refractivity contribution is 5.80. The number of hydrogen-bond donors (Lipinski definition) is 1. The largest absolute Gasteiger partial charge is 0.379 e. The molecule has 0 bridgehead atoms. The maximum atomic E-state index is 8.01. The van der Waals surface area contributed by atoms with Crippen LogP contribution in [0.3, 0.4) is 0 Å². The Bertz CT molecular complexity index is 221. The van der Waals surface area contributed by atoms with Gasteiger partial charge in [-0.25, -0.2) is 0 Å². The van der Waals surface area contributed by atoms with Gasteiger partial charge in [0.15, 0.2) is 0 Å². The molecule has 2 aliphatic rings. The average Bonchev–Trinajstić information content (AvgIpc) is 2.68. The fraction of sp³-hybridized carbons (Fsp3) is 0.909. The van der Waals surface area contributed by atoms with Gasteiger partial charge in [-0.05, 0) is 25.7 Å². The van der Waals surface area contributed by atoms with Gasteiger partial charge in [-0.3, -0.25) is 5.41 Å². The summed E-state index contributed by atoms with van der Waals surface area (Å²) in [6, 6.07) is 0. The van der Waals surface area contributed by atoms with E-state index in [4.69, 9.17) is 10.1 Å². The summed E-state index contributed by atoms with van der Waals surface area (Å²) in [6.07, 6.45) is 5.60. The summed E-state index contributed by atoms with van der Waals surface area (Å²) in [4.78, 5) is 2.31. The molecule has 14 heavy (non-hydrogen) atoms. The average molecular weight is 196 g/mol. The number of likely N-dealkylation sites (tertiary alicyclic amines) is 1. The van der Waals surface area contributed by atoms with E-state index in [0.717, 1.165) is 44.9 Å². The summed E-state index contributed by atoms with van der Waals surface area (Å²) in [5.41, 5.74) is 0.164. The van der Waals surface area contributed by atoms with E-state index in [0.29, 0.717) is 0 Å². The second-order valence-electron chi connectivity index (χ2n) is 4.44. The summed E-state index contributed by atoms with van der Waals surface area (Å²) < 4.78 is 5.51. The third-order valence-corrected chi connectivity index (χ3v) is 3.68. The Kier molecular flexibility index (Phi) is 2.77. The van der Waals surface area contributed by atoms with Crippen molar-refractivity contribution >= 4 is 5.84 Å². The maximum absolute atomic E-state index is 8.01. The van der Waals surface area contributed by atoms with Crippen molar-refractivity contribution in [2.24, 2.45) is 0 Å². The minimum atomic E-state index is 0.164. The number of amidine groups is 1. The molecule has 2 heterocycles. The van der Waals surface area contributed by atoms with Gasteiger partial charge in [0, 0.05) is 19.6 Å². The van der Waals surface area contributed by atoms with Crippen LogP contribution >= 0.6 is 0 Å². The van der Waals surface area contributed by atoms with Crippen LogP contribution in [0.5, 0.6) is 0 Å². The van der Waals surface area contributed by atoms with Crippen molar-refractivity contribution in [1.82, 2.24) is 4.90 Å². The molecule has 1 atom stereocenters. The van der Waals surface area contributed by atoms with Gasteiger partial charge in [0.1, 0.15) is 0 Å². The summed E-state index contributed by atoms with van der Waals surface area (Å²) in [7, 11) is 0. The van der Waals surface area contributed by atoms with Crippen LogP contribution in [-0.2, 0) is 4.74 Å². The molecule has 80 valence electrons. The van der Waals surface area contributed by atoms with Gasteiger partial charge >= 0.3 is 0 Å². The van der Waals surface area contributed by atoms with Gasteiger partial charge < -0.3 is 9.64 Å². The molecule has 2 fully saturated rings. The van der Waals surface area contributed by atoms with E-state index in [-0.39, 0.29) is 5.54 Å². The van der Waals surface area contributed by atoms with Crippen LogP contribution in [0.4, 0.5) is 0 Å². The van der Waals surface area contributed by atoms with Crippen molar-refractivity contribution in [3.63, 3.8) is 0 Å². The van der Waals surface area contributed by atoms with Crippen LogP contribution in [0.1, 0.15) is 39.0 Å². The van der Waals surface area contributed by atoms with Crippen LogP contribution < -0.4 is 0 Å². The molecule has 1 N–H and O–H groups in total. The molecule has 0 spiro atoms. The Morgan fingerprint density at radius 3 is 2.93 bits per heavy atom. The molecule has 0 radical (unpaired) electrons. The van der Waals surface area contributed by atoms with Gasteiger partial charge in [0.25, 0.3) is 0 Å². The highest BCUT2D eigenvalue weighted by Gasteiger charge is 2.40. The SMILES string of the molecule is CCC1(N2CCCCC2=N)CCOC1. The molecule has 0 saturated carbocycles.